The molecule has 0 aliphatic rings. The molecule has 0 amide bonds. The van der Waals surface area contributed by atoms with Crippen LogP contribution in [0.2, 0.25) is 0 Å². The van der Waals surface area contributed by atoms with Crippen LogP contribution in [0, 0.1) is 23.3 Å². The molecule has 5 rings (SSSR count). The van der Waals surface area contributed by atoms with Crippen molar-refractivity contribution in [2.24, 2.45) is 0 Å². The summed E-state index contributed by atoms with van der Waals surface area (Å²) in [4.78, 5) is 0. The molecule has 0 aliphatic carbocycles. The molecular formula is C39H31F9O2. The van der Waals surface area contributed by atoms with Gasteiger partial charge in [0.2, 0.25) is 0 Å². The fourth-order valence-electron chi connectivity index (χ4n) is 5.54. The van der Waals surface area contributed by atoms with Crippen molar-refractivity contribution < 1.29 is 49.0 Å². The Labute approximate surface area is 283 Å². The van der Waals surface area contributed by atoms with Crippen molar-refractivity contribution in [2.75, 3.05) is 0 Å². The second kappa shape index (κ2) is 15.3. The molecule has 0 bridgehead atoms. The van der Waals surface area contributed by atoms with Gasteiger partial charge in [0.1, 0.15) is 28.8 Å². The van der Waals surface area contributed by atoms with Gasteiger partial charge in [-0.1, -0.05) is 87.2 Å². The van der Waals surface area contributed by atoms with Crippen molar-refractivity contribution in [1.82, 2.24) is 0 Å². The molecule has 0 aromatic heterocycles. The number of halogens is 9. The number of benzene rings is 5. The molecule has 0 fully saturated rings. The first-order valence-electron chi connectivity index (χ1n) is 15.9. The zero-order valence-corrected chi connectivity index (χ0v) is 26.7. The molecule has 0 N–H and O–H groups in total. The van der Waals surface area contributed by atoms with Crippen LogP contribution in [-0.2, 0) is 12.5 Å². The summed E-state index contributed by atoms with van der Waals surface area (Å²) in [7, 11) is 0. The summed E-state index contributed by atoms with van der Waals surface area (Å²) in [6, 6.07) is 20.7. The number of unbranched alkanes of at least 4 members (excludes halogenated alkanes) is 4. The lowest BCUT2D eigenvalue weighted by Crippen LogP contribution is -2.25. The summed E-state index contributed by atoms with van der Waals surface area (Å²) >= 11 is 0. The Kier molecular flexibility index (Phi) is 11.1. The lowest BCUT2D eigenvalue weighted by atomic mass is 9.97. The van der Waals surface area contributed by atoms with E-state index in [0.29, 0.717) is 23.8 Å². The molecule has 11 heteroatoms. The zero-order chi connectivity index (χ0) is 36.1. The smallest absolute Gasteiger partial charge is 0.429 e. The van der Waals surface area contributed by atoms with Gasteiger partial charge < -0.3 is 9.47 Å². The first-order chi connectivity index (χ1) is 23.7. The summed E-state index contributed by atoms with van der Waals surface area (Å²) in [5.74, 6) is -7.87. The highest BCUT2D eigenvalue weighted by Gasteiger charge is 2.41. The quantitative estimate of drug-likeness (QED) is 0.0898. The largest absolute Gasteiger partial charge is 0.573 e. The Balaban J connectivity index is 1.27. The van der Waals surface area contributed by atoms with Gasteiger partial charge in [-0.3, -0.25) is 0 Å². The lowest BCUT2D eigenvalue weighted by Gasteiger charge is -2.20. The van der Waals surface area contributed by atoms with Gasteiger partial charge in [0.15, 0.2) is 11.6 Å². The highest BCUT2D eigenvalue weighted by atomic mass is 19.4. The highest BCUT2D eigenvalue weighted by molar-refractivity contribution is 5.71. The van der Waals surface area contributed by atoms with E-state index in [1.165, 1.54) is 31.2 Å². The van der Waals surface area contributed by atoms with Gasteiger partial charge in [-0.05, 0) is 82.6 Å². The van der Waals surface area contributed by atoms with Crippen LogP contribution in [0.1, 0.15) is 50.2 Å². The monoisotopic (exact) mass is 702 g/mol. The second-order valence-corrected chi connectivity index (χ2v) is 11.7. The van der Waals surface area contributed by atoms with Gasteiger partial charge in [-0.25, -0.2) is 17.6 Å². The van der Waals surface area contributed by atoms with Gasteiger partial charge in [0.05, 0.1) is 0 Å². The average Bonchev–Trinajstić information content (AvgIpc) is 3.05. The predicted octanol–water partition coefficient (Wildman–Crippen LogP) is 12.8. The van der Waals surface area contributed by atoms with E-state index < -0.39 is 52.8 Å². The van der Waals surface area contributed by atoms with Crippen LogP contribution in [0.5, 0.6) is 11.5 Å². The van der Waals surface area contributed by atoms with Crippen molar-refractivity contribution in [3.63, 3.8) is 0 Å². The van der Waals surface area contributed by atoms with E-state index in [4.69, 9.17) is 0 Å². The molecule has 5 aromatic rings. The molecule has 0 saturated carbocycles. The van der Waals surface area contributed by atoms with Gasteiger partial charge in [0, 0.05) is 11.6 Å². The Bertz CT molecular complexity index is 1900. The molecule has 0 radical (unpaired) electrons. The number of hydrogen-bond donors (Lipinski definition) is 0. The van der Waals surface area contributed by atoms with Gasteiger partial charge in [0.25, 0.3) is 0 Å². The number of aryl methyl sites for hydroxylation is 1. The van der Waals surface area contributed by atoms with E-state index in [-0.39, 0.29) is 16.7 Å². The molecule has 0 unspecified atom stereocenters. The average molecular weight is 703 g/mol. The molecule has 0 atom stereocenters. The van der Waals surface area contributed by atoms with Crippen molar-refractivity contribution in [1.29, 1.82) is 0 Å². The first-order valence-corrected chi connectivity index (χ1v) is 15.9. The van der Waals surface area contributed by atoms with Gasteiger partial charge in [-0.15, -0.1) is 13.2 Å². The van der Waals surface area contributed by atoms with Crippen LogP contribution in [0.4, 0.5) is 39.5 Å². The number of alkyl halides is 5. The minimum atomic E-state index is -5.16. The van der Waals surface area contributed by atoms with E-state index in [1.807, 2.05) is 12.1 Å². The van der Waals surface area contributed by atoms with E-state index in [9.17, 15) is 22.0 Å². The molecule has 2 nitrogen and oxygen atoms in total. The number of ether oxygens (including phenoxy) is 2. The van der Waals surface area contributed by atoms with Crippen molar-refractivity contribution >= 4 is 0 Å². The van der Waals surface area contributed by atoms with E-state index in [1.54, 1.807) is 24.3 Å². The van der Waals surface area contributed by atoms with E-state index >= 15 is 17.6 Å². The van der Waals surface area contributed by atoms with Crippen LogP contribution in [0.25, 0.3) is 33.4 Å². The van der Waals surface area contributed by atoms with Crippen LogP contribution < -0.4 is 9.47 Å². The summed E-state index contributed by atoms with van der Waals surface area (Å²) in [6.07, 6.45) is -2.78. The van der Waals surface area contributed by atoms with Gasteiger partial charge >= 0.3 is 12.5 Å². The standard InChI is InChI=1S/C39H31F9O2/c1-2-3-4-5-6-7-24-8-10-25(11-9-24)26-12-14-27(15-13-26)29-21-34(42)37(35(43)22-29)38(44,45)49-30-17-18-31(32(40)23-30)28-16-19-36(33(41)20-28)50-39(46,47)48/h8-23H,2-7H2,1H3. The van der Waals surface area contributed by atoms with Crippen molar-refractivity contribution in [3.8, 4) is 44.9 Å². The van der Waals surface area contributed by atoms with E-state index in [2.05, 4.69) is 28.5 Å². The molecule has 5 aromatic carbocycles. The lowest BCUT2D eigenvalue weighted by molar-refractivity contribution is -0.275. The Morgan fingerprint density at radius 3 is 1.60 bits per heavy atom. The number of rotatable bonds is 13. The first kappa shape index (κ1) is 36.4. The third kappa shape index (κ3) is 8.99. The van der Waals surface area contributed by atoms with Crippen LogP contribution in [-0.4, -0.2) is 6.36 Å². The maximum absolute atomic E-state index is 15.1. The third-order valence-corrected chi connectivity index (χ3v) is 8.06. The Hall–Kier alpha value is -4.93. The Morgan fingerprint density at radius 1 is 0.500 bits per heavy atom. The van der Waals surface area contributed by atoms with Crippen LogP contribution >= 0.6 is 0 Å². The fraction of sp³-hybridized carbons (Fsp3) is 0.231. The van der Waals surface area contributed by atoms with Crippen LogP contribution in [0.15, 0.2) is 97.1 Å². The third-order valence-electron chi connectivity index (χ3n) is 8.06. The SMILES string of the molecule is CCCCCCCc1ccc(-c2ccc(-c3cc(F)c(C(F)(F)Oc4ccc(-c5ccc(OC(F)(F)F)c(F)c5)c(F)c4)c(F)c3)cc2)cc1. The predicted molar refractivity (Wildman–Crippen MR) is 173 cm³/mol. The number of hydrogen-bond acceptors (Lipinski definition) is 2. The van der Waals surface area contributed by atoms with Gasteiger partial charge in [-0.2, -0.15) is 8.78 Å². The maximum atomic E-state index is 15.1. The normalized spacial score (nSPS) is 11.9. The maximum Gasteiger partial charge on any atom is 0.573 e. The molecule has 50 heavy (non-hydrogen) atoms. The highest BCUT2D eigenvalue weighted by Crippen LogP contribution is 2.39. The Morgan fingerprint density at radius 2 is 1.04 bits per heavy atom. The summed E-state index contributed by atoms with van der Waals surface area (Å²) in [5.41, 5.74) is 1.09. The van der Waals surface area contributed by atoms with E-state index in [0.717, 1.165) is 54.3 Å². The zero-order valence-electron chi connectivity index (χ0n) is 26.7. The van der Waals surface area contributed by atoms with Crippen molar-refractivity contribution in [3.05, 3.63) is 131 Å². The summed E-state index contributed by atoms with van der Waals surface area (Å²) < 4.78 is 135. The second-order valence-electron chi connectivity index (χ2n) is 11.7. The fourth-order valence-corrected chi connectivity index (χ4v) is 5.54. The molecule has 262 valence electrons. The van der Waals surface area contributed by atoms with Crippen molar-refractivity contribution in [2.45, 2.75) is 57.9 Å². The molecule has 0 spiro atoms. The minimum absolute atomic E-state index is 0.00111. The summed E-state index contributed by atoms with van der Waals surface area (Å²) in [5, 5.41) is 0. The molecule has 0 heterocycles. The topological polar surface area (TPSA) is 18.5 Å². The molecule has 0 aliphatic heterocycles. The minimum Gasteiger partial charge on any atom is -0.429 e. The molecule has 0 saturated heterocycles. The van der Waals surface area contributed by atoms with Crippen LogP contribution in [0.3, 0.4) is 0 Å². The summed E-state index contributed by atoms with van der Waals surface area (Å²) in [6.45, 7) is 2.18. The molecular weight excluding hydrogens is 671 g/mol.